The Morgan fingerprint density at radius 1 is 1.20 bits per heavy atom. The zero-order chi connectivity index (χ0) is 21.1. The molecule has 0 saturated heterocycles. The maximum Gasteiger partial charge on any atom is 0.242 e. The van der Waals surface area contributed by atoms with E-state index in [0.717, 1.165) is 16.0 Å². The van der Waals surface area contributed by atoms with Gasteiger partial charge in [0.05, 0.1) is 16.8 Å². The number of nitrogens with zero attached hydrogens (tertiary/aromatic N) is 3. The normalized spacial score (nSPS) is 11.8. The summed E-state index contributed by atoms with van der Waals surface area (Å²) in [5.74, 6) is 0.376. The van der Waals surface area contributed by atoms with Crippen molar-refractivity contribution in [3.63, 3.8) is 0 Å². The van der Waals surface area contributed by atoms with E-state index < -0.39 is 10.0 Å². The molecule has 4 aromatic rings. The van der Waals surface area contributed by atoms with Gasteiger partial charge in [0.1, 0.15) is 16.2 Å². The fourth-order valence-electron chi connectivity index (χ4n) is 2.77. The van der Waals surface area contributed by atoms with Crippen LogP contribution in [0, 0.1) is 0 Å². The number of aromatic nitrogens is 3. The summed E-state index contributed by atoms with van der Waals surface area (Å²) in [4.78, 5) is 16.5. The highest BCUT2D eigenvalue weighted by atomic mass is 32.2. The molecule has 0 radical (unpaired) electrons. The first-order chi connectivity index (χ1) is 14.5. The molecule has 0 aliphatic carbocycles. The molecule has 30 heavy (non-hydrogen) atoms. The van der Waals surface area contributed by atoms with E-state index in [2.05, 4.69) is 30.0 Å². The van der Waals surface area contributed by atoms with Gasteiger partial charge in [0.2, 0.25) is 15.9 Å². The Labute approximate surface area is 175 Å². The number of anilines is 1. The smallest absolute Gasteiger partial charge is 0.242 e. The average molecular weight is 447 g/mol. The second-order valence-electron chi connectivity index (χ2n) is 6.17. The molecule has 1 amide bonds. The average Bonchev–Trinajstić information content (AvgIpc) is 3.33. The largest absolute Gasteiger partial charge is 0.494 e. The molecule has 2 aromatic carbocycles. The van der Waals surface area contributed by atoms with Crippen molar-refractivity contribution in [3.05, 3.63) is 36.4 Å². The quantitative estimate of drug-likeness (QED) is 0.420. The predicted molar refractivity (Wildman–Crippen MR) is 111 cm³/mol. The van der Waals surface area contributed by atoms with Crippen LogP contribution >= 0.6 is 11.3 Å². The van der Waals surface area contributed by atoms with Crippen molar-refractivity contribution < 1.29 is 22.6 Å². The maximum atomic E-state index is 12.5. The van der Waals surface area contributed by atoms with E-state index in [-0.39, 0.29) is 29.3 Å². The molecule has 0 atom stereocenters. The molecule has 0 aliphatic rings. The third kappa shape index (κ3) is 4.25. The van der Waals surface area contributed by atoms with Gasteiger partial charge in [0, 0.05) is 13.0 Å². The van der Waals surface area contributed by atoms with Gasteiger partial charge in [-0.1, -0.05) is 17.4 Å². The Morgan fingerprint density at radius 3 is 2.90 bits per heavy atom. The van der Waals surface area contributed by atoms with E-state index >= 15 is 0 Å². The van der Waals surface area contributed by atoms with Crippen molar-refractivity contribution in [1.29, 1.82) is 0 Å². The molecule has 10 nitrogen and oxygen atoms in total. The number of carbonyl (C=O) groups excluding carboxylic acids is 1. The number of hydrogen-bond acceptors (Lipinski definition) is 9. The van der Waals surface area contributed by atoms with Gasteiger partial charge >= 0.3 is 0 Å². The zero-order valence-corrected chi connectivity index (χ0v) is 17.4. The molecule has 0 unspecified atom stereocenters. The van der Waals surface area contributed by atoms with Crippen LogP contribution in [0.4, 0.5) is 5.13 Å². The highest BCUT2D eigenvalue weighted by Crippen LogP contribution is 2.29. The van der Waals surface area contributed by atoms with Crippen molar-refractivity contribution in [2.45, 2.75) is 18.2 Å². The molecule has 156 valence electrons. The Kier molecular flexibility index (Phi) is 5.61. The monoisotopic (exact) mass is 447 g/mol. The molecule has 4 rings (SSSR count). The van der Waals surface area contributed by atoms with Gasteiger partial charge in [-0.2, -0.15) is 0 Å². The predicted octanol–water partition coefficient (Wildman–Crippen LogP) is 2.54. The molecule has 2 aromatic heterocycles. The third-order valence-corrected chi connectivity index (χ3v) is 6.53. The summed E-state index contributed by atoms with van der Waals surface area (Å²) in [5, 5.41) is 10.4. The lowest BCUT2D eigenvalue weighted by Gasteiger charge is -2.06. The van der Waals surface area contributed by atoms with Gasteiger partial charge in [-0.25, -0.2) is 22.8 Å². The standard InChI is InChI=1S/C18H17N5O5S2/c1-2-27-11-6-7-12-14(10-11)29-18(20-12)21-16(24)8-9-19-30(25,26)15-5-3-4-13-17(15)23-28-22-13/h3-7,10,19H,2,8-9H2,1H3,(H,20,21,24). The van der Waals surface area contributed by atoms with Gasteiger partial charge in [-0.05, 0) is 47.6 Å². The fraction of sp³-hybridized carbons (Fsp3) is 0.222. The summed E-state index contributed by atoms with van der Waals surface area (Å²) in [6.07, 6.45) is -0.0631. The van der Waals surface area contributed by atoms with Crippen molar-refractivity contribution in [3.8, 4) is 5.75 Å². The van der Waals surface area contributed by atoms with E-state index in [0.29, 0.717) is 17.3 Å². The lowest BCUT2D eigenvalue weighted by molar-refractivity contribution is -0.116. The van der Waals surface area contributed by atoms with Crippen LogP contribution in [0.3, 0.4) is 0 Å². The first-order valence-electron chi connectivity index (χ1n) is 9.00. The van der Waals surface area contributed by atoms with E-state index in [1.807, 2.05) is 25.1 Å². The Morgan fingerprint density at radius 2 is 2.07 bits per heavy atom. The molecule has 12 heteroatoms. The number of sulfonamides is 1. The van der Waals surface area contributed by atoms with Crippen LogP contribution < -0.4 is 14.8 Å². The van der Waals surface area contributed by atoms with Crippen LogP contribution in [-0.4, -0.2) is 42.8 Å². The van der Waals surface area contributed by atoms with Gasteiger partial charge < -0.3 is 10.1 Å². The van der Waals surface area contributed by atoms with E-state index in [9.17, 15) is 13.2 Å². The minimum Gasteiger partial charge on any atom is -0.494 e. The fourth-order valence-corrected chi connectivity index (χ4v) is 4.86. The molecule has 2 heterocycles. The summed E-state index contributed by atoms with van der Waals surface area (Å²) in [6.45, 7) is 2.38. The van der Waals surface area contributed by atoms with Gasteiger partial charge in [-0.15, -0.1) is 0 Å². The Bertz CT molecular complexity index is 1320. The van der Waals surface area contributed by atoms with Gasteiger partial charge in [0.15, 0.2) is 10.6 Å². The van der Waals surface area contributed by atoms with Crippen LogP contribution in [0.1, 0.15) is 13.3 Å². The van der Waals surface area contributed by atoms with Crippen LogP contribution in [0.15, 0.2) is 45.9 Å². The highest BCUT2D eigenvalue weighted by Gasteiger charge is 2.20. The Hall–Kier alpha value is -3.09. The van der Waals surface area contributed by atoms with Crippen molar-refractivity contribution in [1.82, 2.24) is 20.0 Å². The van der Waals surface area contributed by atoms with Crippen molar-refractivity contribution in [2.75, 3.05) is 18.5 Å². The van der Waals surface area contributed by atoms with Gasteiger partial charge in [0.25, 0.3) is 0 Å². The molecular weight excluding hydrogens is 430 g/mol. The summed E-state index contributed by atoms with van der Waals surface area (Å²) >= 11 is 1.32. The Balaban J connectivity index is 1.37. The van der Waals surface area contributed by atoms with E-state index in [4.69, 9.17) is 4.74 Å². The molecule has 2 N–H and O–H groups in total. The number of amides is 1. The van der Waals surface area contributed by atoms with Crippen molar-refractivity contribution in [2.24, 2.45) is 0 Å². The van der Waals surface area contributed by atoms with Crippen LogP contribution in [0.5, 0.6) is 5.75 Å². The van der Waals surface area contributed by atoms with Crippen LogP contribution in [0.25, 0.3) is 21.3 Å². The number of fused-ring (bicyclic) bond motifs is 2. The van der Waals surface area contributed by atoms with Crippen LogP contribution in [0.2, 0.25) is 0 Å². The summed E-state index contributed by atoms with van der Waals surface area (Å²) < 4.78 is 38.3. The zero-order valence-electron chi connectivity index (χ0n) is 15.8. The number of carbonyl (C=O) groups is 1. The van der Waals surface area contributed by atoms with E-state index in [1.165, 1.54) is 23.5 Å². The first kappa shape index (κ1) is 20.2. The summed E-state index contributed by atoms with van der Waals surface area (Å²) in [6, 6.07) is 10.0. The molecule has 0 saturated carbocycles. The number of nitrogens with one attached hydrogen (secondary N) is 2. The summed E-state index contributed by atoms with van der Waals surface area (Å²) in [7, 11) is -3.88. The number of hydrogen-bond donors (Lipinski definition) is 2. The summed E-state index contributed by atoms with van der Waals surface area (Å²) in [5.41, 5.74) is 1.21. The van der Waals surface area contributed by atoms with Gasteiger partial charge in [-0.3, -0.25) is 4.79 Å². The number of rotatable bonds is 8. The minimum absolute atomic E-state index is 0.0575. The molecule has 0 aliphatic heterocycles. The molecular formula is C18H17N5O5S2. The maximum absolute atomic E-state index is 12.5. The first-order valence-corrected chi connectivity index (χ1v) is 11.3. The van der Waals surface area contributed by atoms with Crippen LogP contribution in [-0.2, 0) is 14.8 Å². The number of thiazole rings is 1. The molecule has 0 fully saturated rings. The topological polar surface area (TPSA) is 136 Å². The van der Waals surface area contributed by atoms with Crippen molar-refractivity contribution >= 4 is 53.6 Å². The lowest BCUT2D eigenvalue weighted by Crippen LogP contribution is -2.28. The third-order valence-electron chi connectivity index (χ3n) is 4.10. The minimum atomic E-state index is -3.88. The molecule has 0 bridgehead atoms. The highest BCUT2D eigenvalue weighted by molar-refractivity contribution is 7.89. The van der Waals surface area contributed by atoms with E-state index in [1.54, 1.807) is 6.07 Å². The number of ether oxygens (including phenoxy) is 1. The second kappa shape index (κ2) is 8.34. The second-order valence-corrected chi connectivity index (χ2v) is 8.93. The lowest BCUT2D eigenvalue weighted by atomic mass is 10.3. The SMILES string of the molecule is CCOc1ccc2nc(NC(=O)CCNS(=O)(=O)c3cccc4nonc34)sc2c1. The molecule has 0 spiro atoms. The number of benzene rings is 2.